The van der Waals surface area contributed by atoms with Crippen LogP contribution in [0.1, 0.15) is 74.0 Å². The molecule has 0 fully saturated rings. The third kappa shape index (κ3) is 20.8. The zero-order chi connectivity index (χ0) is 10.6. The minimum Gasteiger partial charge on any atom is -1.00 e. The van der Waals surface area contributed by atoms with Crippen LogP contribution in [0.2, 0.25) is 0 Å². The van der Waals surface area contributed by atoms with Gasteiger partial charge >= 0.3 is 65.1 Å². The average Bonchev–Trinajstić information content (AvgIpc) is 2.15. The van der Waals surface area contributed by atoms with Crippen LogP contribution in [-0.4, -0.2) is 11.1 Å². The molecule has 0 amide bonds. The van der Waals surface area contributed by atoms with E-state index in [0.29, 0.717) is 6.42 Å². The van der Waals surface area contributed by atoms with Crippen molar-refractivity contribution in [1.29, 1.82) is 0 Å². The molecular formula is C12H26Na2O2. The molecule has 0 atom stereocenters. The van der Waals surface area contributed by atoms with Gasteiger partial charge in [-0.2, -0.15) is 0 Å². The topological polar surface area (TPSA) is 37.3 Å². The Kier molecular flexibility index (Phi) is 26.6. The molecule has 0 aliphatic rings. The summed E-state index contributed by atoms with van der Waals surface area (Å²) in [6, 6.07) is 0. The molecule has 88 valence electrons. The van der Waals surface area contributed by atoms with Crippen molar-refractivity contribution in [2.24, 2.45) is 0 Å². The second kappa shape index (κ2) is 18.8. The van der Waals surface area contributed by atoms with Crippen LogP contribution >= 0.6 is 0 Å². The molecule has 16 heavy (non-hydrogen) atoms. The summed E-state index contributed by atoms with van der Waals surface area (Å²) >= 11 is 0. The molecule has 0 aromatic carbocycles. The minimum atomic E-state index is -0.659. The summed E-state index contributed by atoms with van der Waals surface area (Å²) in [7, 11) is 0. The van der Waals surface area contributed by atoms with Gasteiger partial charge in [0.2, 0.25) is 0 Å². The number of hydrogen-bond acceptors (Lipinski definition) is 1. The molecule has 0 saturated carbocycles. The van der Waals surface area contributed by atoms with Gasteiger partial charge in [0, 0.05) is 6.42 Å². The first kappa shape index (κ1) is 22.6. The van der Waals surface area contributed by atoms with Crippen LogP contribution in [0, 0.1) is 0 Å². The molecule has 0 bridgehead atoms. The molecule has 1 N–H and O–H groups in total. The van der Waals surface area contributed by atoms with Crippen LogP contribution in [0.5, 0.6) is 0 Å². The van der Waals surface area contributed by atoms with Gasteiger partial charge in [-0.3, -0.25) is 4.79 Å². The van der Waals surface area contributed by atoms with Gasteiger partial charge in [0.15, 0.2) is 0 Å². The van der Waals surface area contributed by atoms with Crippen molar-refractivity contribution in [3.8, 4) is 0 Å². The molecule has 0 radical (unpaired) electrons. The van der Waals surface area contributed by atoms with Crippen molar-refractivity contribution in [3.63, 3.8) is 0 Å². The fraction of sp³-hybridized carbons (Fsp3) is 0.917. The smallest absolute Gasteiger partial charge is 1.00 e. The Labute approximate surface area is 148 Å². The summed E-state index contributed by atoms with van der Waals surface area (Å²) in [5.74, 6) is -0.659. The Balaban J connectivity index is -0.000000141. The average molecular weight is 248 g/mol. The fourth-order valence-corrected chi connectivity index (χ4v) is 1.59. The number of hydrogen-bond donors (Lipinski definition) is 1. The van der Waals surface area contributed by atoms with E-state index in [1.807, 2.05) is 0 Å². The van der Waals surface area contributed by atoms with Crippen molar-refractivity contribution in [3.05, 3.63) is 0 Å². The number of carbonyl (C=O) groups is 1. The van der Waals surface area contributed by atoms with E-state index >= 15 is 0 Å². The Morgan fingerprint density at radius 3 is 1.62 bits per heavy atom. The van der Waals surface area contributed by atoms with E-state index in [-0.39, 0.29) is 62.0 Å². The standard InChI is InChI=1S/C12H24O2.2Na.2H/c1-2-3-4-5-6-7-8-9-10-11-12(13)14;;;;/h2-11H2,1H3,(H,13,14);;;;/q;2*+1;2*-1. The quantitative estimate of drug-likeness (QED) is 0.367. The maximum absolute atomic E-state index is 10.2. The van der Waals surface area contributed by atoms with E-state index in [2.05, 4.69) is 6.92 Å². The number of carboxylic acids is 1. The first-order valence-corrected chi connectivity index (χ1v) is 5.99. The van der Waals surface area contributed by atoms with Crippen LogP contribution in [0.25, 0.3) is 0 Å². The van der Waals surface area contributed by atoms with Crippen molar-refractivity contribution in [2.75, 3.05) is 0 Å². The summed E-state index contributed by atoms with van der Waals surface area (Å²) in [4.78, 5) is 10.2. The van der Waals surface area contributed by atoms with Gasteiger partial charge in [0.05, 0.1) is 0 Å². The van der Waals surface area contributed by atoms with Gasteiger partial charge in [-0.15, -0.1) is 0 Å². The first-order valence-electron chi connectivity index (χ1n) is 5.99. The number of carboxylic acid groups (broad SMARTS) is 1. The SMILES string of the molecule is CCCCCCCCCCCC(=O)O.[H-].[H-].[Na+].[Na+]. The van der Waals surface area contributed by atoms with Crippen LogP contribution in [-0.2, 0) is 4.79 Å². The fourth-order valence-electron chi connectivity index (χ4n) is 1.59. The van der Waals surface area contributed by atoms with E-state index in [0.717, 1.165) is 12.8 Å². The van der Waals surface area contributed by atoms with Gasteiger partial charge in [-0.25, -0.2) is 0 Å². The van der Waals surface area contributed by atoms with E-state index in [1.165, 1.54) is 44.9 Å². The van der Waals surface area contributed by atoms with E-state index in [1.54, 1.807) is 0 Å². The summed E-state index contributed by atoms with van der Waals surface area (Å²) in [6.45, 7) is 2.23. The van der Waals surface area contributed by atoms with Gasteiger partial charge in [0.1, 0.15) is 0 Å². The largest absolute Gasteiger partial charge is 1.00 e. The van der Waals surface area contributed by atoms with E-state index in [4.69, 9.17) is 5.11 Å². The van der Waals surface area contributed by atoms with Crippen LogP contribution in [0.15, 0.2) is 0 Å². The predicted octanol–water partition coefficient (Wildman–Crippen LogP) is -1.78. The molecule has 0 aliphatic carbocycles. The number of rotatable bonds is 10. The van der Waals surface area contributed by atoms with E-state index < -0.39 is 5.97 Å². The Morgan fingerprint density at radius 1 is 0.875 bits per heavy atom. The molecule has 2 nitrogen and oxygen atoms in total. The van der Waals surface area contributed by atoms with Crippen LogP contribution in [0.3, 0.4) is 0 Å². The van der Waals surface area contributed by atoms with Crippen LogP contribution in [0.4, 0.5) is 0 Å². The molecular weight excluding hydrogens is 222 g/mol. The normalized spacial score (nSPS) is 9.06. The van der Waals surface area contributed by atoms with Gasteiger partial charge in [-0.05, 0) is 6.42 Å². The zero-order valence-corrected chi connectivity index (χ0v) is 15.4. The molecule has 0 aromatic rings. The van der Waals surface area contributed by atoms with Crippen molar-refractivity contribution in [1.82, 2.24) is 0 Å². The van der Waals surface area contributed by atoms with Gasteiger partial charge in [-0.1, -0.05) is 58.3 Å². The molecule has 0 saturated heterocycles. The van der Waals surface area contributed by atoms with Gasteiger partial charge in [0.25, 0.3) is 0 Å². The summed E-state index contributed by atoms with van der Waals surface area (Å²) < 4.78 is 0. The third-order valence-electron chi connectivity index (χ3n) is 2.49. The molecule has 0 spiro atoms. The Hall–Kier alpha value is 1.47. The molecule has 0 rings (SSSR count). The molecule has 0 heterocycles. The Morgan fingerprint density at radius 2 is 1.25 bits per heavy atom. The summed E-state index contributed by atoms with van der Waals surface area (Å²) in [5, 5.41) is 8.41. The first-order chi connectivity index (χ1) is 6.77. The maximum atomic E-state index is 10.2. The monoisotopic (exact) mass is 248 g/mol. The van der Waals surface area contributed by atoms with E-state index in [9.17, 15) is 4.79 Å². The number of unbranched alkanes of at least 4 members (excludes halogenated alkanes) is 8. The van der Waals surface area contributed by atoms with Crippen LogP contribution < -0.4 is 59.1 Å². The molecule has 0 aliphatic heterocycles. The zero-order valence-electron chi connectivity index (χ0n) is 13.4. The predicted molar refractivity (Wildman–Crippen MR) is 61.7 cm³/mol. The Bertz CT molecular complexity index is 150. The van der Waals surface area contributed by atoms with Gasteiger partial charge < -0.3 is 7.96 Å². The van der Waals surface area contributed by atoms with Crippen molar-refractivity contribution < 1.29 is 71.9 Å². The van der Waals surface area contributed by atoms with Crippen molar-refractivity contribution in [2.45, 2.75) is 71.1 Å². The second-order valence-electron chi connectivity index (χ2n) is 3.97. The third-order valence-corrected chi connectivity index (χ3v) is 2.49. The maximum Gasteiger partial charge on any atom is 1.00 e. The molecule has 4 heteroatoms. The number of aliphatic carboxylic acids is 1. The molecule has 0 aromatic heterocycles. The molecule has 0 unspecified atom stereocenters. The summed E-state index contributed by atoms with van der Waals surface area (Å²) in [6.07, 6.45) is 11.5. The minimum absolute atomic E-state index is 0. The second-order valence-corrected chi connectivity index (χ2v) is 3.97. The summed E-state index contributed by atoms with van der Waals surface area (Å²) in [5.41, 5.74) is 0. The van der Waals surface area contributed by atoms with Crippen molar-refractivity contribution >= 4 is 5.97 Å².